The molecular formula is C15H12Cl2N2O4S2. The molecule has 2 heterocycles. The number of thioether (sulfide) groups is 2. The number of nitrogens with zero attached hydrogens (tertiary/aromatic N) is 1. The van der Waals surface area contributed by atoms with E-state index in [1.54, 1.807) is 18.2 Å². The number of fused-ring (bicyclic) bond motifs is 1. The van der Waals surface area contributed by atoms with Crippen molar-refractivity contribution in [1.82, 2.24) is 10.2 Å². The zero-order chi connectivity index (χ0) is 18.1. The number of hydrogen-bond acceptors (Lipinski definition) is 5. The number of halogens is 2. The summed E-state index contributed by atoms with van der Waals surface area (Å²) in [5.41, 5.74) is -0.0284. The number of rotatable bonds is 5. The third kappa shape index (κ3) is 3.76. The Morgan fingerprint density at radius 1 is 1.40 bits per heavy atom. The Hall–Kier alpha value is -1.35. The predicted molar refractivity (Wildman–Crippen MR) is 97.9 cm³/mol. The number of β-lactam (4-membered cyclic amide) rings is 1. The first-order valence-corrected chi connectivity index (χ1v) is 9.93. The molecule has 2 atom stereocenters. The van der Waals surface area contributed by atoms with Gasteiger partial charge in [0.15, 0.2) is 0 Å². The molecule has 2 amide bonds. The molecular weight excluding hydrogens is 407 g/mol. The van der Waals surface area contributed by atoms with E-state index < -0.39 is 17.9 Å². The van der Waals surface area contributed by atoms with Crippen molar-refractivity contribution in [1.29, 1.82) is 0 Å². The van der Waals surface area contributed by atoms with Crippen LogP contribution >= 0.6 is 46.7 Å². The van der Waals surface area contributed by atoms with E-state index in [-0.39, 0.29) is 22.7 Å². The lowest BCUT2D eigenvalue weighted by Gasteiger charge is -2.48. The van der Waals surface area contributed by atoms with Gasteiger partial charge in [-0.25, -0.2) is 4.79 Å². The van der Waals surface area contributed by atoms with Gasteiger partial charge in [0.25, 0.3) is 5.91 Å². The van der Waals surface area contributed by atoms with Gasteiger partial charge in [-0.15, -0.1) is 23.5 Å². The van der Waals surface area contributed by atoms with Gasteiger partial charge in [-0.2, -0.15) is 0 Å². The van der Waals surface area contributed by atoms with E-state index >= 15 is 0 Å². The summed E-state index contributed by atoms with van der Waals surface area (Å²) in [5.74, 6) is -1.33. The maximum atomic E-state index is 12.2. The summed E-state index contributed by atoms with van der Waals surface area (Å²) >= 11 is 14.6. The molecule has 0 bridgehead atoms. The lowest BCUT2D eigenvalue weighted by atomic mass is 10.1. The Balaban J connectivity index is 1.58. The zero-order valence-corrected chi connectivity index (χ0v) is 15.7. The Labute approximate surface area is 161 Å². The van der Waals surface area contributed by atoms with Crippen LogP contribution in [-0.2, 0) is 14.4 Å². The summed E-state index contributed by atoms with van der Waals surface area (Å²) in [5, 5.41) is 12.4. The average Bonchev–Trinajstić information content (AvgIpc) is 2.59. The van der Waals surface area contributed by atoms with Crippen LogP contribution in [0.5, 0.6) is 0 Å². The van der Waals surface area contributed by atoms with Gasteiger partial charge >= 0.3 is 5.97 Å². The molecule has 1 fully saturated rings. The third-order valence-corrected chi connectivity index (χ3v) is 6.55. The van der Waals surface area contributed by atoms with E-state index in [0.717, 1.165) is 0 Å². The fourth-order valence-electron chi connectivity index (χ4n) is 2.48. The number of carboxylic acids is 1. The van der Waals surface area contributed by atoms with Crippen molar-refractivity contribution in [3.05, 3.63) is 40.0 Å². The Bertz CT molecular complexity index is 787. The molecule has 132 valence electrons. The molecule has 2 unspecified atom stereocenters. The van der Waals surface area contributed by atoms with E-state index in [2.05, 4.69) is 5.32 Å². The summed E-state index contributed by atoms with van der Waals surface area (Å²) in [6.07, 6.45) is 1.50. The molecule has 1 aromatic carbocycles. The highest BCUT2D eigenvalue weighted by Crippen LogP contribution is 2.37. The lowest BCUT2D eigenvalue weighted by Crippen LogP contribution is -2.70. The molecule has 0 radical (unpaired) electrons. The number of carboxylic acid groups (broad SMARTS) is 1. The van der Waals surface area contributed by atoms with Gasteiger partial charge in [-0.1, -0.05) is 23.2 Å². The molecule has 2 aliphatic rings. The molecule has 0 spiro atoms. The molecule has 2 aliphatic heterocycles. The van der Waals surface area contributed by atoms with Crippen molar-refractivity contribution in [2.45, 2.75) is 16.3 Å². The topological polar surface area (TPSA) is 86.7 Å². The Kier molecular flexibility index (Phi) is 5.52. The number of carbonyl (C=O) groups is 3. The summed E-state index contributed by atoms with van der Waals surface area (Å²) in [7, 11) is 0. The number of aliphatic carboxylic acids is 1. The normalized spacial score (nSPS) is 21.9. The number of benzene rings is 1. The van der Waals surface area contributed by atoms with E-state index in [1.165, 1.54) is 34.5 Å². The van der Waals surface area contributed by atoms with Gasteiger partial charge in [-0.3, -0.25) is 14.5 Å². The third-order valence-electron chi connectivity index (χ3n) is 3.63. The molecule has 0 aromatic heterocycles. The first-order valence-electron chi connectivity index (χ1n) is 7.14. The van der Waals surface area contributed by atoms with Crippen LogP contribution in [0.4, 0.5) is 0 Å². The van der Waals surface area contributed by atoms with Gasteiger partial charge < -0.3 is 10.4 Å². The molecule has 0 saturated carbocycles. The van der Waals surface area contributed by atoms with Crippen molar-refractivity contribution in [3.63, 3.8) is 0 Å². The fourth-order valence-corrected chi connectivity index (χ4v) is 4.98. The van der Waals surface area contributed by atoms with E-state index in [1.807, 2.05) is 0 Å². The number of nitrogens with one attached hydrogen (secondary N) is 1. The van der Waals surface area contributed by atoms with Crippen LogP contribution < -0.4 is 5.32 Å². The first kappa shape index (κ1) is 18.4. The average molecular weight is 419 g/mol. The van der Waals surface area contributed by atoms with Crippen molar-refractivity contribution in [2.24, 2.45) is 0 Å². The Morgan fingerprint density at radius 2 is 2.16 bits per heavy atom. The highest BCUT2D eigenvalue weighted by molar-refractivity contribution is 8.00. The fraction of sp³-hybridized carbons (Fsp3) is 0.267. The second kappa shape index (κ2) is 7.49. The standard InChI is InChI=1S/C15H12Cl2N2O4S2/c16-7-1-2-8(17)10(5-7)25-6-11(20)18-12-13(21)19-9(15(22)23)3-4-24-14(12)19/h1-3,5,12,14H,4,6H2,(H,18,20)(H,22,23). The van der Waals surface area contributed by atoms with Crippen molar-refractivity contribution < 1.29 is 19.5 Å². The lowest BCUT2D eigenvalue weighted by molar-refractivity contribution is -0.150. The minimum atomic E-state index is -1.14. The molecule has 1 saturated heterocycles. The molecule has 3 rings (SSSR count). The number of amides is 2. The van der Waals surface area contributed by atoms with Crippen LogP contribution in [0.15, 0.2) is 34.9 Å². The number of carbonyl (C=O) groups excluding carboxylic acids is 2. The molecule has 0 aliphatic carbocycles. The van der Waals surface area contributed by atoms with Crippen LogP contribution in [0.25, 0.3) is 0 Å². The van der Waals surface area contributed by atoms with Crippen molar-refractivity contribution in [2.75, 3.05) is 11.5 Å². The quantitative estimate of drug-likeness (QED) is 0.563. The van der Waals surface area contributed by atoms with E-state index in [9.17, 15) is 14.4 Å². The SMILES string of the molecule is O=C(CSc1cc(Cl)ccc1Cl)NC1C(=O)N2C(C(=O)O)=CCSC12. The van der Waals surface area contributed by atoms with Crippen LogP contribution in [0.1, 0.15) is 0 Å². The molecule has 6 nitrogen and oxygen atoms in total. The van der Waals surface area contributed by atoms with E-state index in [0.29, 0.717) is 20.7 Å². The van der Waals surface area contributed by atoms with E-state index in [4.69, 9.17) is 28.3 Å². The maximum Gasteiger partial charge on any atom is 0.352 e. The predicted octanol–water partition coefficient (Wildman–Crippen LogP) is 2.45. The van der Waals surface area contributed by atoms with Crippen LogP contribution in [0.2, 0.25) is 10.0 Å². The largest absolute Gasteiger partial charge is 0.477 e. The second-order valence-electron chi connectivity index (χ2n) is 5.24. The van der Waals surface area contributed by atoms with Crippen molar-refractivity contribution in [3.8, 4) is 0 Å². The van der Waals surface area contributed by atoms with Gasteiger partial charge in [0.05, 0.1) is 10.8 Å². The zero-order valence-electron chi connectivity index (χ0n) is 12.6. The highest BCUT2D eigenvalue weighted by Gasteiger charge is 2.52. The van der Waals surface area contributed by atoms with Crippen LogP contribution in [0, 0.1) is 0 Å². The first-order chi connectivity index (χ1) is 11.9. The summed E-state index contributed by atoms with van der Waals surface area (Å²) < 4.78 is 0. The van der Waals surface area contributed by atoms with Gasteiger partial charge in [0, 0.05) is 15.7 Å². The molecule has 1 aromatic rings. The van der Waals surface area contributed by atoms with Crippen molar-refractivity contribution >= 4 is 64.5 Å². The number of hydrogen-bond donors (Lipinski definition) is 2. The highest BCUT2D eigenvalue weighted by atomic mass is 35.5. The van der Waals surface area contributed by atoms with Gasteiger partial charge in [-0.05, 0) is 24.3 Å². The molecule has 10 heteroatoms. The summed E-state index contributed by atoms with van der Waals surface area (Å²) in [6, 6.07) is 4.26. The minimum Gasteiger partial charge on any atom is -0.477 e. The van der Waals surface area contributed by atoms with Gasteiger partial charge in [0.1, 0.15) is 17.1 Å². The molecule has 25 heavy (non-hydrogen) atoms. The summed E-state index contributed by atoms with van der Waals surface area (Å²) in [6.45, 7) is 0. The Morgan fingerprint density at radius 3 is 2.88 bits per heavy atom. The van der Waals surface area contributed by atoms with Crippen LogP contribution in [-0.4, -0.2) is 50.7 Å². The minimum absolute atomic E-state index is 0.0284. The van der Waals surface area contributed by atoms with Crippen LogP contribution in [0.3, 0.4) is 0 Å². The monoisotopic (exact) mass is 418 g/mol. The second-order valence-corrected chi connectivity index (χ2v) is 8.25. The molecule has 2 N–H and O–H groups in total. The van der Waals surface area contributed by atoms with Gasteiger partial charge in [0.2, 0.25) is 5.91 Å². The smallest absolute Gasteiger partial charge is 0.352 e. The summed E-state index contributed by atoms with van der Waals surface area (Å²) in [4.78, 5) is 37.3. The maximum absolute atomic E-state index is 12.2.